The number of rotatable bonds is 9. The number of halogens is 2. The number of aliphatic carboxylic acids is 1. The smallest absolute Gasteiger partial charge is 0.307 e. The topological polar surface area (TPSA) is 141 Å². The number of carboxylic acids is 1. The molecule has 1 amide bonds. The number of benzene rings is 2. The largest absolute Gasteiger partial charge is 0.481 e. The predicted octanol–water partition coefficient (Wildman–Crippen LogP) is 4.85. The molecule has 3 aliphatic rings. The van der Waals surface area contributed by atoms with Gasteiger partial charge in [0.25, 0.3) is 11.5 Å². The average molecular weight is 733 g/mol. The zero-order chi connectivity index (χ0) is 36.0. The van der Waals surface area contributed by atoms with E-state index in [-0.39, 0.29) is 17.6 Å². The van der Waals surface area contributed by atoms with Gasteiger partial charge in [-0.15, -0.1) is 11.6 Å². The number of β-amino-alcohol motifs (C(OH)–C–C–N with tert-alkyl or cyclic N) is 1. The highest BCUT2D eigenvalue weighted by molar-refractivity contribution is 6.34. The quantitative estimate of drug-likeness (QED) is 0.206. The molecule has 4 heterocycles. The maximum atomic E-state index is 14.4. The molecule has 266 valence electrons. The maximum absolute atomic E-state index is 14.4. The molecule has 4 atom stereocenters. The first-order chi connectivity index (χ1) is 24.4. The number of aliphatic hydroxyl groups excluding tert-OH is 1. The SMILES string of the molecule is Cc1ccccc1C1=CC=CC(NC(=O)c2cc(CN3CC[C@@H](C(=O)O)C3)cn(C)c2=O)(c2nc3cc(CN4CC[C@@H](O)C4)cc(Cl)c3o2)C1Cl. The fourth-order valence-corrected chi connectivity index (χ4v) is 8.12. The van der Waals surface area contributed by atoms with E-state index in [0.717, 1.165) is 28.8 Å². The number of amides is 1. The summed E-state index contributed by atoms with van der Waals surface area (Å²) in [5, 5.41) is 22.0. The summed E-state index contributed by atoms with van der Waals surface area (Å²) in [7, 11) is 1.58. The summed E-state index contributed by atoms with van der Waals surface area (Å²) >= 11 is 14.2. The number of alkyl halides is 1. The van der Waals surface area contributed by atoms with E-state index < -0.39 is 34.3 Å². The molecule has 0 bridgehead atoms. The number of nitrogens with zero attached hydrogens (tertiary/aromatic N) is 4. The first-order valence-corrected chi connectivity index (χ1v) is 17.8. The van der Waals surface area contributed by atoms with Crippen LogP contribution in [0.25, 0.3) is 16.7 Å². The fraction of sp³-hybridized carbons (Fsp3) is 0.368. The van der Waals surface area contributed by atoms with Crippen LogP contribution in [-0.2, 0) is 30.5 Å². The summed E-state index contributed by atoms with van der Waals surface area (Å²) in [5.74, 6) is -1.86. The monoisotopic (exact) mass is 731 g/mol. The molecule has 2 aromatic carbocycles. The zero-order valence-electron chi connectivity index (χ0n) is 28.3. The Hall–Kier alpha value is -4.26. The number of carbonyl (C=O) groups is 2. The van der Waals surface area contributed by atoms with Crippen molar-refractivity contribution in [2.24, 2.45) is 13.0 Å². The molecule has 0 saturated carbocycles. The summed E-state index contributed by atoms with van der Waals surface area (Å²) in [5.41, 5.74) is 2.84. The van der Waals surface area contributed by atoms with Crippen LogP contribution in [0.5, 0.6) is 0 Å². The van der Waals surface area contributed by atoms with Gasteiger partial charge in [-0.2, -0.15) is 0 Å². The molecule has 4 aromatic rings. The molecule has 2 fully saturated rings. The summed E-state index contributed by atoms with van der Waals surface area (Å²) in [6, 6.07) is 13.0. The zero-order valence-corrected chi connectivity index (χ0v) is 29.8. The minimum absolute atomic E-state index is 0.0988. The summed E-state index contributed by atoms with van der Waals surface area (Å²) in [4.78, 5) is 48.4. The van der Waals surface area contributed by atoms with E-state index in [0.29, 0.717) is 67.3 Å². The molecular formula is C38H39Cl2N5O6. The molecule has 11 nitrogen and oxygen atoms in total. The molecule has 2 unspecified atom stereocenters. The molecule has 2 aromatic heterocycles. The number of fused-ring (bicyclic) bond motifs is 1. The second-order valence-corrected chi connectivity index (χ2v) is 14.7. The van der Waals surface area contributed by atoms with Gasteiger partial charge >= 0.3 is 5.97 Å². The van der Waals surface area contributed by atoms with E-state index >= 15 is 0 Å². The highest BCUT2D eigenvalue weighted by Crippen LogP contribution is 2.43. The number of likely N-dealkylation sites (tertiary alicyclic amines) is 2. The van der Waals surface area contributed by atoms with E-state index in [1.807, 2.05) is 54.3 Å². The number of hydrogen-bond acceptors (Lipinski definition) is 8. The maximum Gasteiger partial charge on any atom is 0.307 e. The van der Waals surface area contributed by atoms with Gasteiger partial charge in [0.15, 0.2) is 11.1 Å². The molecule has 0 spiro atoms. The number of carboxylic acid groups (broad SMARTS) is 1. The van der Waals surface area contributed by atoms with Crippen LogP contribution in [-0.4, -0.2) is 79.1 Å². The van der Waals surface area contributed by atoms with Gasteiger partial charge in [-0.3, -0.25) is 24.2 Å². The van der Waals surface area contributed by atoms with Crippen molar-refractivity contribution >= 4 is 51.8 Å². The Labute approximate surface area is 304 Å². The molecular weight excluding hydrogens is 693 g/mol. The minimum atomic E-state index is -1.54. The van der Waals surface area contributed by atoms with Crippen LogP contribution in [0.15, 0.2) is 76.1 Å². The third-order valence-corrected chi connectivity index (χ3v) is 11.0. The minimum Gasteiger partial charge on any atom is -0.481 e. The average Bonchev–Trinajstić information content (AvgIpc) is 3.85. The summed E-state index contributed by atoms with van der Waals surface area (Å²) in [6.45, 7) is 5.25. The van der Waals surface area contributed by atoms with Crippen molar-refractivity contribution in [1.29, 1.82) is 0 Å². The van der Waals surface area contributed by atoms with Gasteiger partial charge in [0.2, 0.25) is 5.89 Å². The second-order valence-electron chi connectivity index (χ2n) is 13.8. The molecule has 13 heteroatoms. The standard InChI is InChI=1S/C38H39Cl2N5O6/c1-22-6-3-4-7-27(22)28-8-5-11-38(33(28)40,37-41-31-16-23(15-30(39)32(31)51-37)18-45-13-10-26(46)21-45)42-34(47)29-14-24(17-43(2)35(29)48)19-44-12-9-25(20-44)36(49)50/h3-8,11,14-17,25-26,33,46H,9-10,12-13,18-21H2,1-2H3,(H,42,47)(H,49,50)/t25-,26-,33?,38?/m1/s1. The van der Waals surface area contributed by atoms with Gasteiger partial charge < -0.3 is 24.5 Å². The van der Waals surface area contributed by atoms with Crippen molar-refractivity contribution in [2.45, 2.75) is 49.9 Å². The fourth-order valence-electron chi connectivity index (χ4n) is 7.43. The highest BCUT2D eigenvalue weighted by Gasteiger charge is 2.47. The van der Waals surface area contributed by atoms with E-state index in [1.165, 1.54) is 4.57 Å². The number of aryl methyl sites for hydroxylation is 2. The third-order valence-electron chi connectivity index (χ3n) is 10.1. The Bertz CT molecular complexity index is 2140. The molecule has 0 radical (unpaired) electrons. The van der Waals surface area contributed by atoms with Crippen LogP contribution in [0.1, 0.15) is 51.3 Å². The lowest BCUT2D eigenvalue weighted by Crippen LogP contribution is -2.53. The number of carbonyl (C=O) groups excluding carboxylic acids is 1. The summed E-state index contributed by atoms with van der Waals surface area (Å²) < 4.78 is 7.75. The first kappa shape index (κ1) is 35.2. The lowest BCUT2D eigenvalue weighted by Gasteiger charge is -2.37. The van der Waals surface area contributed by atoms with E-state index in [9.17, 15) is 24.6 Å². The van der Waals surface area contributed by atoms with Crippen molar-refractivity contribution in [1.82, 2.24) is 24.7 Å². The molecule has 2 saturated heterocycles. The number of oxazole rings is 1. The van der Waals surface area contributed by atoms with Crippen LogP contribution in [0.2, 0.25) is 5.02 Å². The normalized spacial score (nSPS) is 23.9. The second kappa shape index (κ2) is 14.0. The van der Waals surface area contributed by atoms with Crippen LogP contribution in [0.3, 0.4) is 0 Å². The summed E-state index contributed by atoms with van der Waals surface area (Å²) in [6.07, 6.45) is 7.96. The van der Waals surface area contributed by atoms with Gasteiger partial charge in [0.1, 0.15) is 11.1 Å². The van der Waals surface area contributed by atoms with E-state index in [2.05, 4.69) is 10.2 Å². The van der Waals surface area contributed by atoms with Gasteiger partial charge in [-0.1, -0.05) is 48.0 Å². The molecule has 1 aliphatic carbocycles. The number of nitrogens with one attached hydrogen (secondary N) is 1. The molecule has 51 heavy (non-hydrogen) atoms. The highest BCUT2D eigenvalue weighted by atomic mass is 35.5. The van der Waals surface area contributed by atoms with Crippen molar-refractivity contribution in [3.63, 3.8) is 0 Å². The molecule has 2 aliphatic heterocycles. The Balaban J connectivity index is 1.27. The van der Waals surface area contributed by atoms with Gasteiger partial charge in [0.05, 0.1) is 22.4 Å². The Morgan fingerprint density at radius 1 is 1.08 bits per heavy atom. The lowest BCUT2D eigenvalue weighted by atomic mass is 9.81. The number of aliphatic hydroxyl groups is 1. The van der Waals surface area contributed by atoms with Crippen LogP contribution in [0.4, 0.5) is 0 Å². The number of allylic oxidation sites excluding steroid dienone is 2. The van der Waals surface area contributed by atoms with Crippen molar-refractivity contribution in [3.05, 3.63) is 116 Å². The first-order valence-electron chi connectivity index (χ1n) is 17.0. The van der Waals surface area contributed by atoms with Crippen LogP contribution < -0.4 is 10.9 Å². The van der Waals surface area contributed by atoms with Gasteiger partial charge in [-0.25, -0.2) is 4.98 Å². The van der Waals surface area contributed by atoms with E-state index in [1.54, 1.807) is 31.5 Å². The van der Waals surface area contributed by atoms with Crippen molar-refractivity contribution in [2.75, 3.05) is 26.2 Å². The number of pyridine rings is 1. The van der Waals surface area contributed by atoms with E-state index in [4.69, 9.17) is 32.6 Å². The van der Waals surface area contributed by atoms with Crippen LogP contribution >= 0.6 is 23.2 Å². The molecule has 3 N–H and O–H groups in total. The number of hydrogen-bond donors (Lipinski definition) is 3. The van der Waals surface area contributed by atoms with Crippen molar-refractivity contribution < 1.29 is 24.2 Å². The van der Waals surface area contributed by atoms with Crippen LogP contribution in [0, 0.1) is 12.8 Å². The lowest BCUT2D eigenvalue weighted by molar-refractivity contribution is -0.141. The third kappa shape index (κ3) is 6.88. The Morgan fingerprint density at radius 2 is 1.82 bits per heavy atom. The molecule has 7 rings (SSSR count). The van der Waals surface area contributed by atoms with Gasteiger partial charge in [-0.05, 0) is 78.4 Å². The Kier molecular flexibility index (Phi) is 9.68. The van der Waals surface area contributed by atoms with Gasteiger partial charge in [0, 0.05) is 46.0 Å². The van der Waals surface area contributed by atoms with Crippen molar-refractivity contribution in [3.8, 4) is 0 Å². The predicted molar refractivity (Wildman–Crippen MR) is 195 cm³/mol. The number of aromatic nitrogens is 2. The Morgan fingerprint density at radius 3 is 2.55 bits per heavy atom.